The fraction of sp³-hybridized carbons (Fsp3) is 0.522. The molecule has 0 unspecified atom stereocenters. The minimum absolute atomic E-state index is 0. The van der Waals surface area contributed by atoms with Gasteiger partial charge in [0, 0.05) is 1.43 Å². The number of aliphatic imine (C=N–C) groups is 1. The summed E-state index contributed by atoms with van der Waals surface area (Å²) in [5.74, 6) is -0.822. The molecule has 0 radical (unpaired) electrons. The van der Waals surface area contributed by atoms with Crippen LogP contribution >= 0.6 is 46.0 Å². The molecule has 0 fully saturated rings. The van der Waals surface area contributed by atoms with Crippen molar-refractivity contribution in [1.82, 2.24) is 14.9 Å². The number of nitrogens with two attached hydrogens (primary N) is 2. The normalized spacial score (nSPS) is 9.31. The first-order valence-corrected chi connectivity index (χ1v) is 15.3. The maximum absolute atomic E-state index is 10.9. The Kier molecular flexibility index (Phi) is 35.6. The minimum atomic E-state index is -0.431. The smallest absolute Gasteiger partial charge is 0.752 e. The van der Waals surface area contributed by atoms with Gasteiger partial charge in [-0.05, 0) is 37.2 Å². The Morgan fingerprint density at radius 1 is 1.10 bits per heavy atom. The summed E-state index contributed by atoms with van der Waals surface area (Å²) in [5.41, 5.74) is 12.2. The average molecular weight is 712 g/mol. The van der Waals surface area contributed by atoms with E-state index in [2.05, 4.69) is 67.5 Å². The van der Waals surface area contributed by atoms with Gasteiger partial charge in [-0.3, -0.25) is 4.79 Å². The second-order valence-electron chi connectivity index (χ2n) is 6.51. The number of halogens is 1. The number of anilines is 2. The minimum Gasteiger partial charge on any atom is -0.752 e. The van der Waals surface area contributed by atoms with Crippen LogP contribution in [0.15, 0.2) is 10.5 Å². The Bertz CT molecular complexity index is 1090. The summed E-state index contributed by atoms with van der Waals surface area (Å²) in [7, 11) is 3.92. The number of hydrogen-bond donors (Lipinski definition) is 2. The summed E-state index contributed by atoms with van der Waals surface area (Å²) in [6, 6.07) is 0. The number of methoxy groups -OCH3 is 3. The van der Waals surface area contributed by atoms with Gasteiger partial charge in [0.1, 0.15) is 17.5 Å². The van der Waals surface area contributed by atoms with E-state index < -0.39 is 17.9 Å². The molecule has 2 rings (SSSR count). The van der Waals surface area contributed by atoms with Gasteiger partial charge in [-0.15, -0.1) is 46.0 Å². The summed E-state index contributed by atoms with van der Waals surface area (Å²) >= 11 is 13.2. The molecule has 0 spiro atoms. The Balaban J connectivity index is -0.000000141. The summed E-state index contributed by atoms with van der Waals surface area (Å²) in [6.45, 7) is 11.9. The average Bonchev–Trinajstić information content (AvgIpc) is 3.57. The predicted molar refractivity (Wildman–Crippen MR) is 173 cm³/mol. The molecule has 19 heteroatoms. The second kappa shape index (κ2) is 31.3. The number of aryl methyl sites for hydroxylation is 1. The van der Waals surface area contributed by atoms with Crippen LogP contribution in [0.2, 0.25) is 0 Å². The number of thiazole rings is 2. The third-order valence-corrected chi connectivity index (χ3v) is 7.13. The van der Waals surface area contributed by atoms with Crippen LogP contribution in [0, 0.1) is 18.4 Å². The van der Waals surface area contributed by atoms with Gasteiger partial charge in [0.25, 0.3) is 0 Å². The fourth-order valence-corrected chi connectivity index (χ4v) is 3.66. The molecule has 13 nitrogen and oxygen atoms in total. The van der Waals surface area contributed by atoms with Crippen LogP contribution in [0.5, 0.6) is 0 Å². The van der Waals surface area contributed by atoms with Crippen LogP contribution < -0.4 is 62.9 Å². The molecule has 2 aromatic heterocycles. The van der Waals surface area contributed by atoms with E-state index in [1.54, 1.807) is 19.4 Å². The number of carbonyl (C=O) groups is 3. The van der Waals surface area contributed by atoms with Crippen molar-refractivity contribution >= 4 is 92.6 Å². The SMILES string of the molecule is CCN(CC)CC.COC(=O)CCl.COC(=O)c1sc(C)nc1N.COC(=O)c1scnc1N.CSC([S-])=NC#N.[HH].[K+]. The van der Waals surface area contributed by atoms with Gasteiger partial charge in [0.2, 0.25) is 6.19 Å². The van der Waals surface area contributed by atoms with Gasteiger partial charge in [-0.2, -0.15) is 10.3 Å². The summed E-state index contributed by atoms with van der Waals surface area (Å²) < 4.78 is 13.4. The van der Waals surface area contributed by atoms with E-state index >= 15 is 0 Å². The van der Waals surface area contributed by atoms with Crippen molar-refractivity contribution in [3.63, 3.8) is 0 Å². The monoisotopic (exact) mass is 711 g/mol. The quantitative estimate of drug-likeness (QED) is 0.0631. The van der Waals surface area contributed by atoms with E-state index in [0.717, 1.165) is 5.01 Å². The van der Waals surface area contributed by atoms with E-state index in [4.69, 9.17) is 28.3 Å². The molecule has 4 N–H and O–H groups in total. The van der Waals surface area contributed by atoms with Crippen molar-refractivity contribution in [2.24, 2.45) is 4.99 Å². The number of esters is 3. The van der Waals surface area contributed by atoms with Crippen LogP contribution in [0.25, 0.3) is 0 Å². The zero-order valence-corrected chi connectivity index (χ0v) is 32.4. The van der Waals surface area contributed by atoms with Crippen molar-refractivity contribution in [2.75, 3.05) is 64.6 Å². The van der Waals surface area contributed by atoms with E-state index in [-0.39, 0.29) is 70.3 Å². The Hall–Kier alpha value is -1.11. The van der Waals surface area contributed by atoms with Crippen molar-refractivity contribution in [3.05, 3.63) is 20.3 Å². The number of nitriles is 1. The molecule has 0 aliphatic heterocycles. The van der Waals surface area contributed by atoms with Gasteiger partial charge < -0.3 is 43.2 Å². The number of thioether (sulfide) groups is 1. The van der Waals surface area contributed by atoms with Gasteiger partial charge in [0.15, 0.2) is 9.75 Å². The van der Waals surface area contributed by atoms with Gasteiger partial charge in [-0.1, -0.05) is 20.8 Å². The summed E-state index contributed by atoms with van der Waals surface area (Å²) in [6.07, 6.45) is 3.36. The van der Waals surface area contributed by atoms with E-state index in [1.165, 1.54) is 80.9 Å². The van der Waals surface area contributed by atoms with Crippen LogP contribution in [-0.4, -0.2) is 90.3 Å². The molecule has 42 heavy (non-hydrogen) atoms. The molecule has 2 heterocycles. The number of rotatable bonds is 6. The molecule has 0 aliphatic rings. The van der Waals surface area contributed by atoms with Crippen molar-refractivity contribution in [1.29, 1.82) is 5.26 Å². The molecular formula is C23H39ClKN7O6S4. The topological polar surface area (TPSA) is 196 Å². The fourth-order valence-electron chi connectivity index (χ4n) is 1.99. The van der Waals surface area contributed by atoms with Crippen LogP contribution in [0.4, 0.5) is 11.6 Å². The van der Waals surface area contributed by atoms with E-state index in [9.17, 15) is 14.4 Å². The van der Waals surface area contributed by atoms with Gasteiger partial charge in [0.05, 0.1) is 31.8 Å². The number of aromatic nitrogens is 2. The Morgan fingerprint density at radius 2 is 1.60 bits per heavy atom. The van der Waals surface area contributed by atoms with Crippen LogP contribution in [0.3, 0.4) is 0 Å². The summed E-state index contributed by atoms with van der Waals surface area (Å²) in [5, 5.41) is 8.62. The number of nitrogens with zero attached hydrogens (tertiary/aromatic N) is 5. The number of alkyl halides is 1. The molecule has 234 valence electrons. The van der Waals surface area contributed by atoms with Crippen LogP contribution in [-0.2, 0) is 31.6 Å². The maximum Gasteiger partial charge on any atom is 1.00 e. The summed E-state index contributed by atoms with van der Waals surface area (Å²) in [4.78, 5) is 45.4. The molecule has 0 aliphatic carbocycles. The zero-order valence-electron chi connectivity index (χ0n) is 25.3. The molecule has 0 saturated heterocycles. The first kappa shape index (κ1) is 47.8. The number of hydrogen-bond acceptors (Lipinski definition) is 17. The molecule has 0 bridgehead atoms. The molecule has 0 amide bonds. The standard InChI is InChI=1S/C6H8N2O2S.C6H15N.C5H6N2O2S.C3H5ClO2.C3H4N2S2.K.H2/c1-3-8-5(7)4(11-3)6(9)10-2;1-4-7(5-2)6-3;1-9-5(8)3-4(6)7-2-10-3;1-6-3(5)2-4;1-7-3(6)5-2-4;;/h7H2,1-2H3;4-6H2,1-3H3;2H,6H2,1H3;2H2,1H3;1H3,(H,5,6);;1H/q;;;;;+1;/p-1. The number of carbonyl (C=O) groups excluding carboxylic acids is 3. The first-order chi connectivity index (χ1) is 19.4. The third kappa shape index (κ3) is 24.3. The van der Waals surface area contributed by atoms with Crippen molar-refractivity contribution in [3.8, 4) is 6.19 Å². The van der Waals surface area contributed by atoms with Gasteiger partial charge >= 0.3 is 69.3 Å². The van der Waals surface area contributed by atoms with Crippen molar-refractivity contribution < 1.29 is 81.4 Å². The number of nitrogen functional groups attached to an aromatic ring is 2. The largest absolute Gasteiger partial charge is 1.00 e. The molecule has 0 atom stereocenters. The number of ether oxygens (including phenoxy) is 3. The zero-order chi connectivity index (χ0) is 32.4. The Morgan fingerprint density at radius 3 is 1.81 bits per heavy atom. The predicted octanol–water partition coefficient (Wildman–Crippen LogP) is 1.06. The van der Waals surface area contributed by atoms with Crippen LogP contribution in [0.1, 0.15) is 46.5 Å². The molecule has 0 saturated carbocycles. The van der Waals surface area contributed by atoms with Gasteiger partial charge in [-0.25, -0.2) is 19.6 Å². The first-order valence-electron chi connectivity index (χ1n) is 11.5. The van der Waals surface area contributed by atoms with Crippen molar-refractivity contribution in [2.45, 2.75) is 27.7 Å². The maximum atomic E-state index is 10.9. The van der Waals surface area contributed by atoms with E-state index in [0.29, 0.717) is 14.1 Å². The molecular weight excluding hydrogens is 673 g/mol. The second-order valence-corrected chi connectivity index (χ2v) is 10.3. The molecule has 2 aromatic rings. The third-order valence-electron chi connectivity index (χ3n) is 4.09. The molecule has 0 aromatic carbocycles. The van der Waals surface area contributed by atoms with E-state index in [1.807, 2.05) is 0 Å². The Labute approximate surface area is 314 Å².